The van der Waals surface area contributed by atoms with E-state index in [9.17, 15) is 41.9 Å². The summed E-state index contributed by atoms with van der Waals surface area (Å²) in [5.74, 6) is -0.618. The molecule has 0 radical (unpaired) electrons. The predicted molar refractivity (Wildman–Crippen MR) is 167 cm³/mol. The number of hydrogen-bond donors (Lipinski definition) is 8. The SMILES string of the molecule is COc1ccc(N=Nc2cc(OCCO)c(N=Nc3c(S(O)(O)O)cc4ccc(N)cc4c3O)cc2OCCO)c(S(=O)(=O)O)c1. The number of ether oxygens (including phenoxy) is 3. The van der Waals surface area contributed by atoms with Crippen molar-refractivity contribution in [2.75, 3.05) is 39.3 Å². The van der Waals surface area contributed by atoms with Gasteiger partial charge in [-0.1, -0.05) is 6.07 Å². The Labute approximate surface area is 263 Å². The highest BCUT2D eigenvalue weighted by atomic mass is 32.3. The third kappa shape index (κ3) is 7.97. The minimum atomic E-state index is -4.75. The first kappa shape index (κ1) is 34.3. The second kappa shape index (κ2) is 14.2. The van der Waals surface area contributed by atoms with Crippen LogP contribution in [0.3, 0.4) is 0 Å². The van der Waals surface area contributed by atoms with Crippen LogP contribution in [0.1, 0.15) is 0 Å². The van der Waals surface area contributed by atoms with E-state index in [1.54, 1.807) is 0 Å². The van der Waals surface area contributed by atoms with Crippen molar-refractivity contribution in [2.45, 2.75) is 9.79 Å². The Morgan fingerprint density at radius 2 is 1.33 bits per heavy atom. The number of rotatable bonds is 13. The molecule has 0 aliphatic carbocycles. The lowest BCUT2D eigenvalue weighted by Crippen LogP contribution is -2.04. The second-order valence-electron chi connectivity index (χ2n) is 9.21. The summed E-state index contributed by atoms with van der Waals surface area (Å²) >= 11 is 0. The Morgan fingerprint density at radius 1 is 0.739 bits per heavy atom. The number of aromatic hydroxyl groups is 1. The number of aliphatic hydroxyl groups is 2. The maximum atomic E-state index is 12.0. The molecule has 0 aliphatic heterocycles. The number of phenols is 1. The molecule has 9 N–H and O–H groups in total. The normalized spacial score (nSPS) is 12.7. The summed E-state index contributed by atoms with van der Waals surface area (Å²) in [4.78, 5) is -1.14. The number of anilines is 1. The van der Waals surface area contributed by atoms with Gasteiger partial charge in [0.15, 0.2) is 5.75 Å². The Hall–Kier alpha value is -4.60. The van der Waals surface area contributed by atoms with Gasteiger partial charge >= 0.3 is 0 Å². The van der Waals surface area contributed by atoms with Crippen LogP contribution >= 0.6 is 10.9 Å². The van der Waals surface area contributed by atoms with E-state index in [1.165, 1.54) is 55.6 Å². The van der Waals surface area contributed by atoms with E-state index in [1.807, 2.05) is 0 Å². The molecule has 4 aromatic carbocycles. The van der Waals surface area contributed by atoms with E-state index in [0.29, 0.717) is 5.39 Å². The van der Waals surface area contributed by atoms with E-state index < -0.39 is 55.4 Å². The quantitative estimate of drug-likeness (QED) is 0.0490. The molecule has 0 unspecified atom stereocenters. The molecule has 4 rings (SSSR count). The molecule has 0 heterocycles. The van der Waals surface area contributed by atoms with Crippen LogP contribution in [-0.2, 0) is 10.1 Å². The fraction of sp³-hybridized carbons (Fsp3) is 0.185. The maximum Gasteiger partial charge on any atom is 0.296 e. The fourth-order valence-electron chi connectivity index (χ4n) is 4.02. The van der Waals surface area contributed by atoms with Crippen LogP contribution < -0.4 is 19.9 Å². The summed E-state index contributed by atoms with van der Waals surface area (Å²) in [6.45, 7) is -1.34. The van der Waals surface area contributed by atoms with Gasteiger partial charge in [-0.25, -0.2) is 0 Å². The second-order valence-corrected chi connectivity index (χ2v) is 12.1. The molecule has 46 heavy (non-hydrogen) atoms. The number of azo groups is 2. The van der Waals surface area contributed by atoms with Crippen molar-refractivity contribution < 1.29 is 56.2 Å². The van der Waals surface area contributed by atoms with E-state index in [0.717, 1.165) is 6.07 Å². The standard InChI is InChI=1S/C27H29N5O12S2/c1-42-17-4-5-19(24(12-17)45(36,37)38)29-30-20-13-23(44-9-7-34)21(14-22(20)43-8-6-33)31-32-26-25(46(39,40)41)10-15-2-3-16(28)11-18(15)27(26)35/h2-5,10-14,33-35,39-41H,6-9,28H2,1H3,(H,36,37,38). The third-order valence-corrected chi connectivity index (χ3v) is 7.86. The molecule has 0 atom stereocenters. The first-order valence-corrected chi connectivity index (χ1v) is 15.9. The van der Waals surface area contributed by atoms with Crippen LogP contribution in [-0.4, -0.2) is 75.5 Å². The lowest BCUT2D eigenvalue weighted by Gasteiger charge is -2.22. The van der Waals surface area contributed by atoms with Gasteiger partial charge in [-0.2, -0.15) is 8.42 Å². The fourth-order valence-corrected chi connectivity index (χ4v) is 5.34. The van der Waals surface area contributed by atoms with Gasteiger partial charge in [-0.15, -0.1) is 20.5 Å². The van der Waals surface area contributed by atoms with Crippen molar-refractivity contribution in [3.8, 4) is 23.0 Å². The average Bonchev–Trinajstić information content (AvgIpc) is 3.00. The van der Waals surface area contributed by atoms with Crippen LogP contribution in [0.2, 0.25) is 0 Å². The summed E-state index contributed by atoms with van der Waals surface area (Å²) in [5.41, 5.74) is 5.15. The van der Waals surface area contributed by atoms with E-state index in [-0.39, 0.29) is 58.6 Å². The summed E-state index contributed by atoms with van der Waals surface area (Å²) in [7, 11) is -7.87. The van der Waals surface area contributed by atoms with Gasteiger partial charge in [-0.3, -0.25) is 4.55 Å². The van der Waals surface area contributed by atoms with Crippen molar-refractivity contribution in [2.24, 2.45) is 20.5 Å². The molecule has 0 saturated heterocycles. The van der Waals surface area contributed by atoms with E-state index in [2.05, 4.69) is 20.5 Å². The zero-order valence-corrected chi connectivity index (χ0v) is 25.5. The van der Waals surface area contributed by atoms with E-state index in [4.69, 9.17) is 19.9 Å². The number of phenolic OH excluding ortho intramolecular Hbond substituents is 1. The largest absolute Gasteiger partial charge is 0.505 e. The molecule has 0 fully saturated rings. The number of fused-ring (bicyclic) bond motifs is 1. The highest BCUT2D eigenvalue weighted by molar-refractivity contribution is 8.19. The molecule has 0 bridgehead atoms. The molecule has 19 heteroatoms. The molecule has 0 aromatic heterocycles. The molecule has 17 nitrogen and oxygen atoms in total. The molecular weight excluding hydrogens is 650 g/mol. The molecule has 0 amide bonds. The number of hydrogen-bond acceptors (Lipinski definition) is 16. The summed E-state index contributed by atoms with van der Waals surface area (Å²) in [6, 6.07) is 11.7. The minimum absolute atomic E-state index is 0.0767. The highest BCUT2D eigenvalue weighted by Gasteiger charge is 2.26. The highest BCUT2D eigenvalue weighted by Crippen LogP contribution is 2.54. The van der Waals surface area contributed by atoms with Gasteiger partial charge in [0.05, 0.1) is 25.2 Å². The first-order valence-electron chi connectivity index (χ1n) is 13.0. The van der Waals surface area contributed by atoms with Crippen LogP contribution in [0.15, 0.2) is 84.8 Å². The number of nitrogens with zero attached hydrogens (tertiary/aromatic N) is 4. The number of methoxy groups -OCH3 is 1. The van der Waals surface area contributed by atoms with Crippen LogP contribution in [0.25, 0.3) is 10.8 Å². The maximum absolute atomic E-state index is 12.0. The van der Waals surface area contributed by atoms with Gasteiger partial charge in [0.25, 0.3) is 10.1 Å². The Bertz CT molecular complexity index is 1910. The Morgan fingerprint density at radius 3 is 1.87 bits per heavy atom. The number of nitrogen functional groups attached to an aromatic ring is 1. The van der Waals surface area contributed by atoms with Crippen molar-refractivity contribution in [1.82, 2.24) is 0 Å². The van der Waals surface area contributed by atoms with Crippen molar-refractivity contribution in [3.05, 3.63) is 54.6 Å². The summed E-state index contributed by atoms with van der Waals surface area (Å²) < 4.78 is 80.0. The lowest BCUT2D eigenvalue weighted by molar-refractivity contribution is 0.198. The molecule has 246 valence electrons. The number of nitrogens with two attached hydrogens (primary N) is 1. The van der Waals surface area contributed by atoms with Gasteiger partial charge in [0.1, 0.15) is 69.0 Å². The topological polar surface area (TPSA) is 279 Å². The van der Waals surface area contributed by atoms with Gasteiger partial charge in [0.2, 0.25) is 0 Å². The zero-order valence-electron chi connectivity index (χ0n) is 23.9. The Balaban J connectivity index is 1.87. The van der Waals surface area contributed by atoms with Crippen LogP contribution in [0.5, 0.6) is 23.0 Å². The van der Waals surface area contributed by atoms with Crippen molar-refractivity contribution in [3.63, 3.8) is 0 Å². The summed E-state index contributed by atoms with van der Waals surface area (Å²) in [6.07, 6.45) is 0. The molecule has 4 aromatic rings. The first-order chi connectivity index (χ1) is 21.8. The van der Waals surface area contributed by atoms with Gasteiger partial charge in [0, 0.05) is 29.3 Å². The molecule has 0 aliphatic rings. The third-order valence-electron chi connectivity index (χ3n) is 6.08. The van der Waals surface area contributed by atoms with Gasteiger partial charge in [-0.05, 0) is 35.7 Å². The molecule has 0 spiro atoms. The number of benzene rings is 4. The molecular formula is C27H29N5O12S2. The minimum Gasteiger partial charge on any atom is -0.505 e. The number of aliphatic hydroxyl groups excluding tert-OH is 2. The average molecular weight is 680 g/mol. The summed E-state index contributed by atoms with van der Waals surface area (Å²) in [5, 5.41) is 46.1. The van der Waals surface area contributed by atoms with Crippen LogP contribution in [0.4, 0.5) is 28.4 Å². The molecule has 0 saturated carbocycles. The Kier molecular flexibility index (Phi) is 10.6. The van der Waals surface area contributed by atoms with Gasteiger partial charge < -0.3 is 48.9 Å². The van der Waals surface area contributed by atoms with E-state index >= 15 is 0 Å². The predicted octanol–water partition coefficient (Wildman–Crippen LogP) is 5.54. The lowest BCUT2D eigenvalue weighted by atomic mass is 10.1. The zero-order chi connectivity index (χ0) is 33.6. The monoisotopic (exact) mass is 679 g/mol. The van der Waals surface area contributed by atoms with Crippen LogP contribution in [0, 0.1) is 0 Å². The van der Waals surface area contributed by atoms with Crippen molar-refractivity contribution >= 4 is 60.2 Å². The smallest absolute Gasteiger partial charge is 0.296 e. The van der Waals surface area contributed by atoms with Crippen molar-refractivity contribution in [1.29, 1.82) is 0 Å².